The van der Waals surface area contributed by atoms with Gasteiger partial charge in [-0.15, -0.1) is 0 Å². The molecule has 4 aliphatic rings. The zero-order valence-electron chi connectivity index (χ0n) is 18.1. The van der Waals surface area contributed by atoms with Crippen molar-refractivity contribution in [3.8, 4) is 0 Å². The van der Waals surface area contributed by atoms with Gasteiger partial charge >= 0.3 is 0 Å². The van der Waals surface area contributed by atoms with E-state index in [0.717, 1.165) is 31.6 Å². The molecule has 1 aliphatic heterocycles. The van der Waals surface area contributed by atoms with E-state index in [1.54, 1.807) is 0 Å². The van der Waals surface area contributed by atoms with Crippen LogP contribution in [-0.2, 0) is 9.59 Å². The molecular formula is C23H37IN2O2. The van der Waals surface area contributed by atoms with Gasteiger partial charge in [0.05, 0.1) is 3.92 Å². The molecule has 28 heavy (non-hydrogen) atoms. The van der Waals surface area contributed by atoms with Gasteiger partial charge in [0, 0.05) is 17.5 Å². The lowest BCUT2D eigenvalue weighted by Crippen LogP contribution is -2.66. The molecule has 1 saturated heterocycles. The second-order valence-corrected chi connectivity index (χ2v) is 13.2. The molecule has 2 N–H and O–H groups in total. The van der Waals surface area contributed by atoms with Crippen LogP contribution in [0.3, 0.4) is 0 Å². The van der Waals surface area contributed by atoms with Gasteiger partial charge in [0.25, 0.3) is 0 Å². The number of halogens is 1. The Hall–Kier alpha value is -0.330. The molecule has 1 heterocycles. The van der Waals surface area contributed by atoms with Gasteiger partial charge in [-0.3, -0.25) is 9.59 Å². The highest BCUT2D eigenvalue weighted by molar-refractivity contribution is 14.1. The van der Waals surface area contributed by atoms with Gasteiger partial charge in [0.15, 0.2) is 0 Å². The van der Waals surface area contributed by atoms with E-state index in [2.05, 4.69) is 67.8 Å². The number of nitrogens with one attached hydrogen (secondary N) is 2. The van der Waals surface area contributed by atoms with Gasteiger partial charge < -0.3 is 10.6 Å². The minimum absolute atomic E-state index is 0.0146. The lowest BCUT2D eigenvalue weighted by Gasteiger charge is -2.62. The first-order chi connectivity index (χ1) is 12.9. The van der Waals surface area contributed by atoms with Crippen molar-refractivity contribution in [2.24, 2.45) is 34.5 Å². The highest BCUT2D eigenvalue weighted by Crippen LogP contribution is 2.66. The molecule has 3 unspecified atom stereocenters. The molecule has 0 aromatic carbocycles. The first kappa shape index (κ1) is 20.9. The molecule has 5 heteroatoms. The summed E-state index contributed by atoms with van der Waals surface area (Å²) in [6.07, 6.45) is 8.07. The average Bonchev–Trinajstić information content (AvgIpc) is 2.95. The van der Waals surface area contributed by atoms with Crippen molar-refractivity contribution < 1.29 is 9.59 Å². The van der Waals surface area contributed by atoms with Crippen LogP contribution in [0.5, 0.6) is 0 Å². The van der Waals surface area contributed by atoms with Crippen molar-refractivity contribution in [1.29, 1.82) is 0 Å². The second-order valence-electron chi connectivity index (χ2n) is 11.7. The van der Waals surface area contributed by atoms with E-state index >= 15 is 0 Å². The number of amides is 2. The Morgan fingerprint density at radius 2 is 1.89 bits per heavy atom. The molecule has 8 atom stereocenters. The Morgan fingerprint density at radius 1 is 1.18 bits per heavy atom. The van der Waals surface area contributed by atoms with Crippen LogP contribution in [0.1, 0.15) is 79.6 Å². The summed E-state index contributed by atoms with van der Waals surface area (Å²) in [5.74, 6) is 2.25. The predicted octanol–water partition coefficient (Wildman–Crippen LogP) is 4.45. The maximum atomic E-state index is 13.6. The Morgan fingerprint density at radius 3 is 2.57 bits per heavy atom. The van der Waals surface area contributed by atoms with Crippen LogP contribution in [0.25, 0.3) is 0 Å². The van der Waals surface area contributed by atoms with Crippen molar-refractivity contribution in [3.05, 3.63) is 0 Å². The SMILES string of the molecule is CC(C)(C)NC(=O)C1C[C@]2(C)CCC[C@H]2[C@@H]2CCC3NC(=O)C(I)C[C@]3(C)[C@H]12. The van der Waals surface area contributed by atoms with Crippen LogP contribution in [0.15, 0.2) is 0 Å². The highest BCUT2D eigenvalue weighted by Gasteiger charge is 2.63. The Balaban J connectivity index is 1.73. The van der Waals surface area contributed by atoms with Crippen LogP contribution in [0.2, 0.25) is 0 Å². The molecule has 4 nitrogen and oxygen atoms in total. The number of carbonyl (C=O) groups is 2. The quantitative estimate of drug-likeness (QED) is 0.413. The molecule has 0 bridgehead atoms. The predicted molar refractivity (Wildman–Crippen MR) is 120 cm³/mol. The Bertz CT molecular complexity index is 674. The third kappa shape index (κ3) is 3.31. The maximum Gasteiger partial charge on any atom is 0.233 e. The monoisotopic (exact) mass is 500 g/mol. The number of alkyl halides is 1. The summed E-state index contributed by atoms with van der Waals surface area (Å²) in [6, 6.07) is 0.225. The number of rotatable bonds is 1. The summed E-state index contributed by atoms with van der Waals surface area (Å²) in [4.78, 5) is 26.0. The van der Waals surface area contributed by atoms with E-state index in [-0.39, 0.29) is 38.7 Å². The minimum Gasteiger partial charge on any atom is -0.352 e. The van der Waals surface area contributed by atoms with Crippen molar-refractivity contribution in [2.75, 3.05) is 0 Å². The van der Waals surface area contributed by atoms with Crippen molar-refractivity contribution in [3.63, 3.8) is 0 Å². The summed E-state index contributed by atoms with van der Waals surface area (Å²) in [5.41, 5.74) is 0.125. The van der Waals surface area contributed by atoms with Gasteiger partial charge in [0.1, 0.15) is 0 Å². The molecule has 0 aromatic rings. The fourth-order valence-corrected chi connectivity index (χ4v) is 8.78. The Labute approximate surface area is 183 Å². The molecule has 3 saturated carbocycles. The summed E-state index contributed by atoms with van der Waals surface area (Å²) < 4.78 is 0.0146. The molecule has 4 rings (SSSR count). The van der Waals surface area contributed by atoms with Gasteiger partial charge in [-0.05, 0) is 87.9 Å². The van der Waals surface area contributed by atoms with E-state index in [1.165, 1.54) is 19.3 Å². The summed E-state index contributed by atoms with van der Waals surface area (Å²) in [7, 11) is 0. The van der Waals surface area contributed by atoms with Crippen LogP contribution in [0, 0.1) is 34.5 Å². The summed E-state index contributed by atoms with van der Waals surface area (Å²) in [6.45, 7) is 11.1. The van der Waals surface area contributed by atoms with Gasteiger partial charge in [0.2, 0.25) is 11.8 Å². The number of piperidine rings is 1. The van der Waals surface area contributed by atoms with E-state index < -0.39 is 0 Å². The van der Waals surface area contributed by atoms with Crippen LogP contribution in [0.4, 0.5) is 0 Å². The zero-order valence-corrected chi connectivity index (χ0v) is 20.3. The van der Waals surface area contributed by atoms with E-state index in [4.69, 9.17) is 0 Å². The average molecular weight is 500 g/mol. The molecule has 4 fully saturated rings. The van der Waals surface area contributed by atoms with Crippen molar-refractivity contribution in [2.45, 2.75) is 95.1 Å². The number of fused-ring (bicyclic) bond motifs is 5. The van der Waals surface area contributed by atoms with E-state index in [0.29, 0.717) is 17.3 Å². The fraction of sp³-hybridized carbons (Fsp3) is 0.913. The highest BCUT2D eigenvalue weighted by atomic mass is 127. The molecule has 158 valence electrons. The number of hydrogen-bond donors (Lipinski definition) is 2. The van der Waals surface area contributed by atoms with E-state index in [9.17, 15) is 9.59 Å². The smallest absolute Gasteiger partial charge is 0.233 e. The molecule has 2 amide bonds. The third-order valence-corrected chi connectivity index (χ3v) is 9.66. The first-order valence-corrected chi connectivity index (χ1v) is 12.5. The molecule has 0 spiro atoms. The maximum absolute atomic E-state index is 13.6. The molecule has 3 aliphatic carbocycles. The summed E-state index contributed by atoms with van der Waals surface area (Å²) >= 11 is 2.31. The van der Waals surface area contributed by atoms with E-state index in [1.807, 2.05) is 0 Å². The van der Waals surface area contributed by atoms with Gasteiger partial charge in [-0.2, -0.15) is 0 Å². The van der Waals surface area contributed by atoms with Crippen molar-refractivity contribution >= 4 is 34.4 Å². The Kier molecular flexibility index (Phi) is 5.11. The van der Waals surface area contributed by atoms with Crippen LogP contribution >= 0.6 is 22.6 Å². The molecular weight excluding hydrogens is 463 g/mol. The second kappa shape index (κ2) is 6.84. The number of carbonyl (C=O) groups excluding carboxylic acids is 2. The summed E-state index contributed by atoms with van der Waals surface area (Å²) in [5, 5.41) is 6.66. The third-order valence-electron chi connectivity index (χ3n) is 8.66. The lowest BCUT2D eigenvalue weighted by atomic mass is 9.44. The normalized spacial score (nSPS) is 48.1. The van der Waals surface area contributed by atoms with Gasteiger partial charge in [-0.25, -0.2) is 0 Å². The van der Waals surface area contributed by atoms with Gasteiger partial charge in [-0.1, -0.05) is 42.9 Å². The van der Waals surface area contributed by atoms with Crippen LogP contribution in [-0.4, -0.2) is 27.3 Å². The minimum atomic E-state index is -0.207. The standard InChI is InChI=1S/C23H37IN2O2/c1-21(2,3)26-19(27)14-11-22(4)10-6-7-15(22)13-8-9-17-23(5,18(13)14)12-16(24)20(28)25-17/h13-18H,6-12H2,1-5H3,(H,25,28)(H,26,27)/t13-,14?,15-,16?,17?,18-,22-,23-/m0/s1. The van der Waals surface area contributed by atoms with Crippen LogP contribution < -0.4 is 10.6 Å². The zero-order chi connectivity index (χ0) is 20.5. The van der Waals surface area contributed by atoms with Crippen molar-refractivity contribution in [1.82, 2.24) is 10.6 Å². The first-order valence-electron chi connectivity index (χ1n) is 11.2. The molecule has 0 aromatic heterocycles. The topological polar surface area (TPSA) is 58.2 Å². The fourth-order valence-electron chi connectivity index (χ4n) is 7.65. The lowest BCUT2D eigenvalue weighted by molar-refractivity contribution is -0.156. The molecule has 0 radical (unpaired) electrons. The number of hydrogen-bond acceptors (Lipinski definition) is 2. The largest absolute Gasteiger partial charge is 0.352 e.